The molecule has 35 heavy (non-hydrogen) atoms. The SMILES string of the molecule is Cc1cc(Nc2ncnc3ccn(CCN)c23)ccc1Oc1cccc(OCCC(C)C)c1.Cl.Cl. The largest absolute Gasteiger partial charge is 0.493 e. The molecule has 9 heteroatoms. The number of aromatic nitrogens is 3. The number of anilines is 2. The third kappa shape index (κ3) is 7.24. The van der Waals surface area contributed by atoms with Crippen molar-refractivity contribution in [3.8, 4) is 17.2 Å². The minimum atomic E-state index is 0. The Bertz CT molecular complexity index is 1230. The number of nitrogens with zero attached hydrogens (tertiary/aromatic N) is 3. The fourth-order valence-electron chi connectivity index (χ4n) is 3.59. The van der Waals surface area contributed by atoms with Crippen molar-refractivity contribution in [2.75, 3.05) is 18.5 Å². The van der Waals surface area contributed by atoms with Gasteiger partial charge in [0.1, 0.15) is 29.1 Å². The molecule has 188 valence electrons. The predicted molar refractivity (Wildman–Crippen MR) is 147 cm³/mol. The second-order valence-corrected chi connectivity index (χ2v) is 8.47. The fraction of sp³-hybridized carbons (Fsp3) is 0.308. The number of rotatable bonds is 10. The molecule has 0 aliphatic heterocycles. The van der Waals surface area contributed by atoms with E-state index in [4.69, 9.17) is 15.2 Å². The molecule has 0 atom stereocenters. The lowest BCUT2D eigenvalue weighted by Gasteiger charge is -2.14. The van der Waals surface area contributed by atoms with Crippen LogP contribution in [0.5, 0.6) is 17.2 Å². The molecule has 0 saturated carbocycles. The number of nitrogens with two attached hydrogens (primary N) is 1. The highest BCUT2D eigenvalue weighted by Crippen LogP contribution is 2.31. The van der Waals surface area contributed by atoms with Gasteiger partial charge in [0.05, 0.1) is 12.1 Å². The van der Waals surface area contributed by atoms with Crippen LogP contribution in [0, 0.1) is 12.8 Å². The van der Waals surface area contributed by atoms with Crippen molar-refractivity contribution in [3.05, 3.63) is 66.6 Å². The van der Waals surface area contributed by atoms with E-state index < -0.39 is 0 Å². The van der Waals surface area contributed by atoms with Gasteiger partial charge in [-0.1, -0.05) is 19.9 Å². The maximum absolute atomic E-state index is 6.14. The lowest BCUT2D eigenvalue weighted by Crippen LogP contribution is -2.10. The van der Waals surface area contributed by atoms with Gasteiger partial charge in [0.15, 0.2) is 5.82 Å². The topological polar surface area (TPSA) is 87.2 Å². The summed E-state index contributed by atoms with van der Waals surface area (Å²) in [6.45, 7) is 8.36. The van der Waals surface area contributed by atoms with E-state index in [1.165, 1.54) is 0 Å². The Balaban J connectivity index is 0.00000216. The highest BCUT2D eigenvalue weighted by atomic mass is 35.5. The third-order valence-corrected chi connectivity index (χ3v) is 5.36. The van der Waals surface area contributed by atoms with Gasteiger partial charge in [-0.3, -0.25) is 0 Å². The maximum Gasteiger partial charge on any atom is 0.158 e. The smallest absolute Gasteiger partial charge is 0.158 e. The van der Waals surface area contributed by atoms with Gasteiger partial charge in [0.2, 0.25) is 0 Å². The molecule has 0 spiro atoms. The van der Waals surface area contributed by atoms with Crippen LogP contribution in [0.15, 0.2) is 61.1 Å². The number of ether oxygens (including phenoxy) is 2. The number of nitrogens with one attached hydrogen (secondary N) is 1. The Morgan fingerprint density at radius 2 is 1.83 bits per heavy atom. The van der Waals surface area contributed by atoms with E-state index in [9.17, 15) is 0 Å². The summed E-state index contributed by atoms with van der Waals surface area (Å²) in [5.74, 6) is 3.72. The summed E-state index contributed by atoms with van der Waals surface area (Å²) in [7, 11) is 0. The Morgan fingerprint density at radius 1 is 1.03 bits per heavy atom. The van der Waals surface area contributed by atoms with Crippen LogP contribution in [0.3, 0.4) is 0 Å². The van der Waals surface area contributed by atoms with Crippen molar-refractivity contribution >= 4 is 47.4 Å². The van der Waals surface area contributed by atoms with E-state index >= 15 is 0 Å². The van der Waals surface area contributed by atoms with E-state index in [2.05, 4.69) is 33.7 Å². The lowest BCUT2D eigenvalue weighted by atomic mass is 10.1. The van der Waals surface area contributed by atoms with E-state index in [1.807, 2.05) is 61.7 Å². The zero-order valence-electron chi connectivity index (χ0n) is 20.2. The molecule has 3 N–H and O–H groups in total. The fourth-order valence-corrected chi connectivity index (χ4v) is 3.59. The van der Waals surface area contributed by atoms with Crippen LogP contribution in [0.2, 0.25) is 0 Å². The Labute approximate surface area is 218 Å². The highest BCUT2D eigenvalue weighted by molar-refractivity contribution is 5.88. The average molecular weight is 518 g/mol. The summed E-state index contributed by atoms with van der Waals surface area (Å²) in [6, 6.07) is 15.7. The predicted octanol–water partition coefficient (Wildman–Crippen LogP) is 6.50. The molecular weight excluding hydrogens is 485 g/mol. The minimum absolute atomic E-state index is 0. The average Bonchev–Trinajstić information content (AvgIpc) is 3.20. The normalized spacial score (nSPS) is 10.5. The number of aryl methyl sites for hydroxylation is 1. The molecule has 0 unspecified atom stereocenters. The van der Waals surface area contributed by atoms with Crippen LogP contribution in [-0.2, 0) is 6.54 Å². The molecule has 2 heterocycles. The first-order valence-electron chi connectivity index (χ1n) is 11.3. The molecular formula is C26H33Cl2N5O2. The van der Waals surface area contributed by atoms with E-state index in [-0.39, 0.29) is 24.8 Å². The van der Waals surface area contributed by atoms with Gasteiger partial charge in [-0.05, 0) is 61.2 Å². The van der Waals surface area contributed by atoms with Crippen molar-refractivity contribution in [1.29, 1.82) is 0 Å². The summed E-state index contributed by atoms with van der Waals surface area (Å²) in [5.41, 5.74) is 9.51. The molecule has 0 aliphatic rings. The van der Waals surface area contributed by atoms with Crippen molar-refractivity contribution < 1.29 is 9.47 Å². The maximum atomic E-state index is 6.14. The van der Waals surface area contributed by atoms with E-state index in [1.54, 1.807) is 6.33 Å². The van der Waals surface area contributed by atoms with Crippen LogP contribution < -0.4 is 20.5 Å². The Hall–Kier alpha value is -3.00. The summed E-state index contributed by atoms with van der Waals surface area (Å²) in [4.78, 5) is 8.81. The van der Waals surface area contributed by atoms with Crippen molar-refractivity contribution in [3.63, 3.8) is 0 Å². The molecule has 4 aromatic rings. The number of hydrogen-bond donors (Lipinski definition) is 2. The quantitative estimate of drug-likeness (QED) is 0.249. The van der Waals surface area contributed by atoms with E-state index in [0.717, 1.165) is 51.8 Å². The second-order valence-electron chi connectivity index (χ2n) is 8.47. The molecule has 0 fully saturated rings. The van der Waals surface area contributed by atoms with Gasteiger partial charge in [0.25, 0.3) is 0 Å². The molecule has 2 aromatic carbocycles. The van der Waals surface area contributed by atoms with Crippen LogP contribution >= 0.6 is 24.8 Å². The first-order chi connectivity index (χ1) is 16.0. The van der Waals surface area contributed by atoms with Crippen molar-refractivity contribution in [1.82, 2.24) is 14.5 Å². The third-order valence-electron chi connectivity index (χ3n) is 5.36. The van der Waals surface area contributed by atoms with E-state index in [0.29, 0.717) is 25.6 Å². The van der Waals surface area contributed by atoms with Crippen molar-refractivity contribution in [2.45, 2.75) is 33.7 Å². The van der Waals surface area contributed by atoms with Gasteiger partial charge < -0.3 is 25.1 Å². The molecule has 0 radical (unpaired) electrons. The van der Waals surface area contributed by atoms with Crippen molar-refractivity contribution in [2.24, 2.45) is 11.7 Å². The Kier molecular flexibility index (Phi) is 10.6. The van der Waals surface area contributed by atoms with Crippen LogP contribution in [0.4, 0.5) is 11.5 Å². The van der Waals surface area contributed by atoms with Gasteiger partial charge in [-0.25, -0.2) is 9.97 Å². The number of benzene rings is 2. The second kappa shape index (κ2) is 13.2. The molecule has 4 rings (SSSR count). The van der Waals surface area contributed by atoms with Gasteiger partial charge in [0, 0.05) is 31.0 Å². The zero-order valence-corrected chi connectivity index (χ0v) is 21.9. The summed E-state index contributed by atoms with van der Waals surface area (Å²) < 4.78 is 14.1. The summed E-state index contributed by atoms with van der Waals surface area (Å²) in [5, 5.41) is 3.42. The highest BCUT2D eigenvalue weighted by Gasteiger charge is 2.11. The molecule has 0 saturated heterocycles. The number of fused-ring (bicyclic) bond motifs is 1. The first-order valence-corrected chi connectivity index (χ1v) is 11.3. The van der Waals surface area contributed by atoms with Crippen LogP contribution in [-0.4, -0.2) is 27.7 Å². The summed E-state index contributed by atoms with van der Waals surface area (Å²) >= 11 is 0. The minimum Gasteiger partial charge on any atom is -0.493 e. The lowest BCUT2D eigenvalue weighted by molar-refractivity contribution is 0.288. The van der Waals surface area contributed by atoms with Crippen LogP contribution in [0.1, 0.15) is 25.8 Å². The first kappa shape index (κ1) is 28.2. The van der Waals surface area contributed by atoms with Gasteiger partial charge in [-0.15, -0.1) is 24.8 Å². The number of halogens is 2. The Morgan fingerprint density at radius 3 is 2.57 bits per heavy atom. The van der Waals surface area contributed by atoms with Gasteiger partial charge in [-0.2, -0.15) is 0 Å². The molecule has 0 amide bonds. The monoisotopic (exact) mass is 517 g/mol. The summed E-state index contributed by atoms with van der Waals surface area (Å²) in [6.07, 6.45) is 4.58. The molecule has 2 aromatic heterocycles. The molecule has 0 aliphatic carbocycles. The van der Waals surface area contributed by atoms with Gasteiger partial charge >= 0.3 is 0 Å². The standard InChI is InChI=1S/C26H31N5O2.2ClH/c1-18(2)10-14-32-21-5-4-6-22(16-21)33-24-8-7-20(15-19(24)3)30-26-25-23(28-17-29-26)9-12-31(25)13-11-27;;/h4-9,12,15-18H,10-11,13-14,27H2,1-3H3,(H,28,29,30);2*1H. The van der Waals surface area contributed by atoms with Crippen LogP contribution in [0.25, 0.3) is 11.0 Å². The molecule has 0 bridgehead atoms. The number of hydrogen-bond acceptors (Lipinski definition) is 6. The molecule has 7 nitrogen and oxygen atoms in total. The zero-order chi connectivity index (χ0) is 23.2.